The number of benzene rings is 2. The van der Waals surface area contributed by atoms with Crippen molar-refractivity contribution < 1.29 is 14.8 Å². The highest BCUT2D eigenvalue weighted by Crippen LogP contribution is 2.46. The highest BCUT2D eigenvalue weighted by atomic mass is 16.5. The molecule has 2 fully saturated rings. The van der Waals surface area contributed by atoms with Crippen molar-refractivity contribution in [2.45, 2.75) is 64.8 Å². The van der Waals surface area contributed by atoms with Crippen molar-refractivity contribution in [1.82, 2.24) is 30.2 Å². The summed E-state index contributed by atoms with van der Waals surface area (Å²) >= 11 is 0. The van der Waals surface area contributed by atoms with Crippen molar-refractivity contribution in [3.05, 3.63) is 66.0 Å². The maximum Gasteiger partial charge on any atom is 0.256 e. The Morgan fingerprint density at radius 1 is 1.09 bits per heavy atom. The van der Waals surface area contributed by atoms with Crippen LogP contribution in [-0.2, 0) is 11.2 Å². The van der Waals surface area contributed by atoms with Crippen LogP contribution in [-0.4, -0.2) is 75.1 Å². The maximum atomic E-state index is 14.5. The van der Waals surface area contributed by atoms with Crippen molar-refractivity contribution in [2.24, 2.45) is 10.8 Å². The van der Waals surface area contributed by atoms with Gasteiger partial charge in [-0.05, 0) is 78.8 Å². The number of carbonyl (C=O) groups is 2. The fraction of sp³-hybridized carbons (Fsp3) is 0.457. The molecule has 1 aliphatic carbocycles. The van der Waals surface area contributed by atoms with Gasteiger partial charge in [-0.25, -0.2) is 4.68 Å². The Bertz CT molecular complexity index is 1720. The van der Waals surface area contributed by atoms with Crippen LogP contribution in [0.2, 0.25) is 0 Å². The molecular formula is C35H45N9O3. The average Bonchev–Trinajstić information content (AvgIpc) is 3.73. The number of carbonyl (C=O) groups excluding carboxylic acids is 2. The van der Waals surface area contributed by atoms with Gasteiger partial charge in [0.1, 0.15) is 5.52 Å². The highest BCUT2D eigenvalue weighted by Gasteiger charge is 2.39. The van der Waals surface area contributed by atoms with Crippen LogP contribution in [0.25, 0.3) is 16.7 Å². The van der Waals surface area contributed by atoms with Gasteiger partial charge in [0.2, 0.25) is 6.41 Å². The summed E-state index contributed by atoms with van der Waals surface area (Å²) in [6, 6.07) is 12.9. The molecule has 1 aliphatic heterocycles. The van der Waals surface area contributed by atoms with E-state index < -0.39 is 5.41 Å². The van der Waals surface area contributed by atoms with Gasteiger partial charge in [-0.2, -0.15) is 0 Å². The lowest BCUT2D eigenvalue weighted by Gasteiger charge is -2.40. The number of anilines is 3. The van der Waals surface area contributed by atoms with E-state index in [1.165, 1.54) is 25.7 Å². The van der Waals surface area contributed by atoms with Crippen molar-refractivity contribution >= 4 is 40.4 Å². The van der Waals surface area contributed by atoms with Crippen LogP contribution in [0.4, 0.5) is 17.1 Å². The van der Waals surface area contributed by atoms with Gasteiger partial charge in [0.25, 0.3) is 5.91 Å². The second-order valence-corrected chi connectivity index (χ2v) is 13.7. The van der Waals surface area contributed by atoms with Gasteiger partial charge in [-0.1, -0.05) is 44.0 Å². The Morgan fingerprint density at radius 2 is 1.85 bits per heavy atom. The summed E-state index contributed by atoms with van der Waals surface area (Å²) in [5, 5.41) is 28.8. The zero-order valence-corrected chi connectivity index (χ0v) is 27.4. The zero-order chi connectivity index (χ0) is 33.0. The van der Waals surface area contributed by atoms with Crippen molar-refractivity contribution in [3.8, 4) is 5.69 Å². The largest absolute Gasteiger partial charge is 0.387 e. The van der Waals surface area contributed by atoms with Gasteiger partial charge in [0.15, 0.2) is 0 Å². The third kappa shape index (κ3) is 6.73. The first-order chi connectivity index (χ1) is 22.8. The van der Waals surface area contributed by atoms with E-state index in [-0.39, 0.29) is 18.5 Å². The average molecular weight is 640 g/mol. The number of hydrogen-bond acceptors (Lipinski definition) is 9. The molecule has 2 aliphatic rings. The maximum absolute atomic E-state index is 14.5. The highest BCUT2D eigenvalue weighted by molar-refractivity contribution is 6.03. The van der Waals surface area contributed by atoms with Crippen LogP contribution in [0.3, 0.4) is 0 Å². The predicted molar refractivity (Wildman–Crippen MR) is 183 cm³/mol. The van der Waals surface area contributed by atoms with Gasteiger partial charge in [0.05, 0.1) is 33.8 Å². The van der Waals surface area contributed by atoms with Crippen molar-refractivity contribution in [1.29, 1.82) is 0 Å². The summed E-state index contributed by atoms with van der Waals surface area (Å²) in [6.45, 7) is 5.88. The summed E-state index contributed by atoms with van der Waals surface area (Å²) in [5.74, 6) is -0.117. The number of nitrogens with zero attached hydrogens (tertiary/aromatic N) is 5. The first-order valence-corrected chi connectivity index (χ1v) is 16.5. The predicted octanol–water partition coefficient (Wildman–Crippen LogP) is 5.25. The topological polar surface area (TPSA) is 149 Å². The van der Waals surface area contributed by atoms with Gasteiger partial charge in [0, 0.05) is 45.1 Å². The summed E-state index contributed by atoms with van der Waals surface area (Å²) in [5.41, 5.74) is 7.49. The number of amides is 2. The Kier molecular flexibility index (Phi) is 9.31. The molecule has 0 bridgehead atoms. The lowest BCUT2D eigenvalue weighted by Crippen LogP contribution is -2.46. The number of piperidine rings is 1. The molecule has 1 saturated heterocycles. The number of aromatic nitrogens is 4. The molecule has 1 unspecified atom stereocenters. The minimum Gasteiger partial charge on any atom is -0.387 e. The molecule has 248 valence electrons. The molecule has 1 saturated carbocycles. The minimum atomic E-state index is -0.433. The summed E-state index contributed by atoms with van der Waals surface area (Å²) in [6.07, 6.45) is 11.9. The minimum absolute atomic E-state index is 0.117. The molecule has 1 spiro atoms. The normalized spacial score (nSPS) is 16.6. The summed E-state index contributed by atoms with van der Waals surface area (Å²) in [4.78, 5) is 32.4. The van der Waals surface area contributed by atoms with Crippen LogP contribution in [0.5, 0.6) is 0 Å². The molecular weight excluding hydrogens is 594 g/mol. The number of rotatable bonds is 12. The van der Waals surface area contributed by atoms with Crippen LogP contribution < -0.4 is 21.4 Å². The summed E-state index contributed by atoms with van der Waals surface area (Å²) in [7, 11) is 1.86. The number of para-hydroxylation sites is 1. The Hall–Kier alpha value is -4.71. The smallest absolute Gasteiger partial charge is 0.256 e. The lowest BCUT2D eigenvalue weighted by molar-refractivity contribution is -0.109. The van der Waals surface area contributed by atoms with Crippen molar-refractivity contribution in [2.75, 3.05) is 42.8 Å². The number of pyridine rings is 1. The first kappa shape index (κ1) is 32.2. The molecule has 12 heteroatoms. The van der Waals surface area contributed by atoms with E-state index in [4.69, 9.17) is 0 Å². The van der Waals surface area contributed by atoms with E-state index in [2.05, 4.69) is 56.6 Å². The molecule has 0 radical (unpaired) electrons. The lowest BCUT2D eigenvalue weighted by atomic mass is 9.77. The number of likely N-dealkylation sites (tertiary alicyclic amines) is 1. The van der Waals surface area contributed by atoms with Gasteiger partial charge >= 0.3 is 0 Å². The fourth-order valence-corrected chi connectivity index (χ4v) is 7.43. The Balaban J connectivity index is 1.40. The van der Waals surface area contributed by atoms with E-state index in [1.54, 1.807) is 16.9 Å². The molecule has 2 aromatic heterocycles. The van der Waals surface area contributed by atoms with Gasteiger partial charge < -0.3 is 20.9 Å². The molecule has 3 heterocycles. The fourth-order valence-electron chi connectivity index (χ4n) is 7.43. The Morgan fingerprint density at radius 3 is 2.57 bits per heavy atom. The van der Waals surface area contributed by atoms with E-state index >= 15 is 0 Å². The quantitative estimate of drug-likeness (QED) is 0.104. The second-order valence-electron chi connectivity index (χ2n) is 13.7. The first-order valence-electron chi connectivity index (χ1n) is 16.5. The molecule has 2 aromatic carbocycles. The molecule has 47 heavy (non-hydrogen) atoms. The van der Waals surface area contributed by atoms with Crippen LogP contribution in [0.1, 0.15) is 68.3 Å². The standard InChI is InChI=1S/C35H45N9O3/c1-34(2,19-24-16-25(36-3)21-37-20-24)31(22-38-23-45)39-32-27(33(46)43-14-12-35(13-15-43)10-6-7-11-35)17-26(18-29(32)41-47)44-30-9-5-4-8-28(30)40-42-44/h4-5,8-9,16-18,20-21,23,31,36,39,41,47H,6-7,10-15,19,22H2,1-3H3,(H,38,45). The van der Waals surface area contributed by atoms with Gasteiger partial charge in [-0.15, -0.1) is 5.10 Å². The monoisotopic (exact) mass is 639 g/mol. The van der Waals surface area contributed by atoms with Crippen LogP contribution >= 0.6 is 0 Å². The molecule has 2 amide bonds. The molecule has 4 aromatic rings. The van der Waals surface area contributed by atoms with Crippen LogP contribution in [0.15, 0.2) is 54.9 Å². The van der Waals surface area contributed by atoms with Crippen LogP contribution in [0, 0.1) is 10.8 Å². The van der Waals surface area contributed by atoms with Crippen molar-refractivity contribution in [3.63, 3.8) is 0 Å². The van der Waals surface area contributed by atoms with E-state index in [0.717, 1.165) is 35.1 Å². The molecule has 6 rings (SSSR count). The van der Waals surface area contributed by atoms with E-state index in [1.807, 2.05) is 48.5 Å². The molecule has 12 nitrogen and oxygen atoms in total. The number of nitrogens with one attached hydrogen (secondary N) is 4. The van der Waals surface area contributed by atoms with Gasteiger partial charge in [-0.3, -0.25) is 25.3 Å². The molecule has 5 N–H and O–H groups in total. The number of hydrogen-bond donors (Lipinski definition) is 5. The van der Waals surface area contributed by atoms with E-state index in [0.29, 0.717) is 54.0 Å². The SMILES string of the molecule is CNc1cncc(CC(C)(C)C(CNC=O)Nc2c(NO)cc(-n3nnc4ccccc43)cc2C(=O)N2CCC3(CCCC3)CC2)c1. The Labute approximate surface area is 275 Å². The number of fused-ring (bicyclic) bond motifs is 1. The van der Waals surface area contributed by atoms with E-state index in [9.17, 15) is 14.8 Å². The third-order valence-corrected chi connectivity index (χ3v) is 10.3. The summed E-state index contributed by atoms with van der Waals surface area (Å²) < 4.78 is 1.68. The second kappa shape index (κ2) is 13.6. The zero-order valence-electron chi connectivity index (χ0n) is 27.4. The third-order valence-electron chi connectivity index (χ3n) is 10.3. The molecule has 1 atom stereocenters.